The fourth-order valence-electron chi connectivity index (χ4n) is 2.72. The molecular weight excluding hydrogens is 302 g/mol. The Morgan fingerprint density at radius 1 is 1.38 bits per heavy atom. The molecule has 2 aromatic rings. The number of carbonyl (C=O) groups excluding carboxylic acids is 1. The van der Waals surface area contributed by atoms with Crippen molar-refractivity contribution >= 4 is 5.91 Å². The summed E-state index contributed by atoms with van der Waals surface area (Å²) < 4.78 is 5.49. The minimum Gasteiger partial charge on any atom is -0.492 e. The molecular formula is C19H23N3O2. The summed E-state index contributed by atoms with van der Waals surface area (Å²) in [5.74, 6) is 1.03. The van der Waals surface area contributed by atoms with E-state index in [9.17, 15) is 4.79 Å². The van der Waals surface area contributed by atoms with Gasteiger partial charge in [-0.2, -0.15) is 0 Å². The van der Waals surface area contributed by atoms with Gasteiger partial charge in [0.2, 0.25) is 0 Å². The molecule has 1 atom stereocenters. The van der Waals surface area contributed by atoms with E-state index in [4.69, 9.17) is 10.5 Å². The van der Waals surface area contributed by atoms with Crippen molar-refractivity contribution in [2.45, 2.75) is 25.8 Å². The van der Waals surface area contributed by atoms with Crippen molar-refractivity contribution in [3.05, 3.63) is 59.4 Å². The van der Waals surface area contributed by atoms with Crippen LogP contribution in [0.2, 0.25) is 0 Å². The minimum absolute atomic E-state index is 0.0361. The van der Waals surface area contributed by atoms with Crippen LogP contribution in [0, 0.1) is 12.8 Å². The summed E-state index contributed by atoms with van der Waals surface area (Å²) in [6, 6.07) is 11.2. The maximum atomic E-state index is 12.7. The average Bonchev–Trinajstić information content (AvgIpc) is 3.43. The summed E-state index contributed by atoms with van der Waals surface area (Å²) in [5, 5.41) is 3.14. The lowest BCUT2D eigenvalue weighted by molar-refractivity contribution is 0.0930. The van der Waals surface area contributed by atoms with Crippen LogP contribution < -0.4 is 15.8 Å². The number of aryl methyl sites for hydroxylation is 1. The highest BCUT2D eigenvalue weighted by molar-refractivity contribution is 5.94. The first kappa shape index (κ1) is 16.5. The molecule has 1 aliphatic rings. The number of aromatic nitrogens is 1. The number of rotatable bonds is 7. The van der Waals surface area contributed by atoms with Crippen LogP contribution in [0.3, 0.4) is 0 Å². The molecule has 0 bridgehead atoms. The zero-order chi connectivity index (χ0) is 16.9. The first-order chi connectivity index (χ1) is 11.7. The van der Waals surface area contributed by atoms with Crippen LogP contribution >= 0.6 is 0 Å². The number of hydrogen-bond donors (Lipinski definition) is 2. The Kier molecular flexibility index (Phi) is 5.11. The quantitative estimate of drug-likeness (QED) is 0.820. The lowest BCUT2D eigenvalue weighted by Crippen LogP contribution is -2.30. The molecule has 1 amide bonds. The Hall–Kier alpha value is -2.40. The predicted molar refractivity (Wildman–Crippen MR) is 92.9 cm³/mol. The zero-order valence-corrected chi connectivity index (χ0v) is 13.9. The zero-order valence-electron chi connectivity index (χ0n) is 13.9. The molecule has 3 rings (SSSR count). The Morgan fingerprint density at radius 3 is 2.92 bits per heavy atom. The summed E-state index contributed by atoms with van der Waals surface area (Å²) in [6.07, 6.45) is 4.05. The maximum Gasteiger partial charge on any atom is 0.251 e. The largest absolute Gasteiger partial charge is 0.492 e. The van der Waals surface area contributed by atoms with Gasteiger partial charge in [-0.25, -0.2) is 0 Å². The van der Waals surface area contributed by atoms with E-state index < -0.39 is 0 Å². The van der Waals surface area contributed by atoms with E-state index in [1.165, 1.54) is 0 Å². The molecule has 0 radical (unpaired) electrons. The van der Waals surface area contributed by atoms with E-state index in [0.29, 0.717) is 30.4 Å². The van der Waals surface area contributed by atoms with Crippen LogP contribution in [0.25, 0.3) is 0 Å². The fraction of sp³-hybridized carbons (Fsp3) is 0.368. The summed E-state index contributed by atoms with van der Waals surface area (Å²) in [4.78, 5) is 17.1. The van der Waals surface area contributed by atoms with E-state index in [1.807, 2.05) is 31.2 Å². The number of amides is 1. The van der Waals surface area contributed by atoms with E-state index in [0.717, 1.165) is 24.1 Å². The van der Waals surface area contributed by atoms with Crippen molar-refractivity contribution in [2.75, 3.05) is 13.2 Å². The van der Waals surface area contributed by atoms with E-state index in [1.54, 1.807) is 18.3 Å². The molecule has 126 valence electrons. The smallest absolute Gasteiger partial charge is 0.251 e. The number of nitrogens with zero attached hydrogens (tertiary/aromatic N) is 1. The van der Waals surface area contributed by atoms with Gasteiger partial charge in [-0.15, -0.1) is 0 Å². The normalized spacial score (nSPS) is 14.9. The van der Waals surface area contributed by atoms with Crippen molar-refractivity contribution in [1.82, 2.24) is 10.3 Å². The van der Waals surface area contributed by atoms with Gasteiger partial charge in [0.15, 0.2) is 0 Å². The highest BCUT2D eigenvalue weighted by atomic mass is 16.5. The van der Waals surface area contributed by atoms with E-state index >= 15 is 0 Å². The molecule has 1 fully saturated rings. The SMILES string of the molecule is Cc1ccnc([C@@H](NC(=O)c2cccc(OCCN)c2)C2CC2)c1. The van der Waals surface area contributed by atoms with Crippen molar-refractivity contribution < 1.29 is 9.53 Å². The second-order valence-electron chi connectivity index (χ2n) is 6.21. The van der Waals surface area contributed by atoms with Crippen molar-refractivity contribution in [1.29, 1.82) is 0 Å². The molecule has 1 saturated carbocycles. The molecule has 1 aromatic carbocycles. The van der Waals surface area contributed by atoms with Crippen molar-refractivity contribution in [2.24, 2.45) is 11.7 Å². The lowest BCUT2D eigenvalue weighted by Gasteiger charge is -2.18. The van der Waals surface area contributed by atoms with Crippen LogP contribution in [-0.4, -0.2) is 24.0 Å². The number of pyridine rings is 1. The van der Waals surface area contributed by atoms with Crippen molar-refractivity contribution in [3.63, 3.8) is 0 Å². The third-order valence-corrected chi connectivity index (χ3v) is 4.12. The van der Waals surface area contributed by atoms with Crippen LogP contribution in [0.15, 0.2) is 42.6 Å². The standard InChI is InChI=1S/C19H23N3O2/c1-13-7-9-21-17(11-13)18(14-5-6-14)22-19(23)15-3-2-4-16(12-15)24-10-8-20/h2-4,7,9,11-12,14,18H,5-6,8,10,20H2,1H3,(H,22,23)/t18-/m0/s1. The van der Waals surface area contributed by atoms with E-state index in [-0.39, 0.29) is 11.9 Å². The summed E-state index contributed by atoms with van der Waals surface area (Å²) in [6.45, 7) is 2.91. The number of nitrogens with one attached hydrogen (secondary N) is 1. The van der Waals surface area contributed by atoms with Gasteiger partial charge in [0.25, 0.3) is 5.91 Å². The molecule has 3 N–H and O–H groups in total. The molecule has 0 aliphatic heterocycles. The van der Waals surface area contributed by atoms with Crippen LogP contribution in [0.1, 0.15) is 40.5 Å². The lowest BCUT2D eigenvalue weighted by atomic mass is 10.1. The first-order valence-corrected chi connectivity index (χ1v) is 8.33. The molecule has 5 heteroatoms. The third-order valence-electron chi connectivity index (χ3n) is 4.12. The Morgan fingerprint density at radius 2 is 2.21 bits per heavy atom. The molecule has 1 aromatic heterocycles. The van der Waals surface area contributed by atoms with Crippen LogP contribution in [0.4, 0.5) is 0 Å². The van der Waals surface area contributed by atoms with Crippen LogP contribution in [0.5, 0.6) is 5.75 Å². The highest BCUT2D eigenvalue weighted by Gasteiger charge is 2.34. The van der Waals surface area contributed by atoms with E-state index in [2.05, 4.69) is 10.3 Å². The van der Waals surface area contributed by atoms with Gasteiger partial charge in [0.1, 0.15) is 12.4 Å². The van der Waals surface area contributed by atoms with Gasteiger partial charge < -0.3 is 15.8 Å². The minimum atomic E-state index is -0.103. The number of carbonyl (C=O) groups is 1. The second-order valence-corrected chi connectivity index (χ2v) is 6.21. The van der Waals surface area contributed by atoms with Gasteiger partial charge >= 0.3 is 0 Å². The van der Waals surface area contributed by atoms with Crippen molar-refractivity contribution in [3.8, 4) is 5.75 Å². The van der Waals surface area contributed by atoms with Crippen LogP contribution in [-0.2, 0) is 0 Å². The molecule has 24 heavy (non-hydrogen) atoms. The number of benzene rings is 1. The Bertz CT molecular complexity index is 713. The summed E-state index contributed by atoms with van der Waals surface area (Å²) >= 11 is 0. The summed E-state index contributed by atoms with van der Waals surface area (Å²) in [7, 11) is 0. The molecule has 0 unspecified atom stereocenters. The topological polar surface area (TPSA) is 77.2 Å². The van der Waals surface area contributed by atoms with Gasteiger partial charge in [0.05, 0.1) is 11.7 Å². The number of hydrogen-bond acceptors (Lipinski definition) is 4. The molecule has 1 heterocycles. The molecule has 5 nitrogen and oxygen atoms in total. The average molecular weight is 325 g/mol. The van der Waals surface area contributed by atoms with Gasteiger partial charge in [-0.3, -0.25) is 9.78 Å². The number of nitrogens with two attached hydrogens (primary N) is 1. The highest BCUT2D eigenvalue weighted by Crippen LogP contribution is 2.40. The summed E-state index contributed by atoms with van der Waals surface area (Å²) in [5.41, 5.74) is 8.11. The molecule has 0 saturated heterocycles. The first-order valence-electron chi connectivity index (χ1n) is 8.33. The molecule has 0 spiro atoms. The Balaban J connectivity index is 1.74. The Labute approximate surface area is 142 Å². The number of ether oxygens (including phenoxy) is 1. The molecule has 1 aliphatic carbocycles. The van der Waals surface area contributed by atoms with Gasteiger partial charge in [0, 0.05) is 18.3 Å². The predicted octanol–water partition coefficient (Wildman–Crippen LogP) is 2.61. The van der Waals surface area contributed by atoms with Gasteiger partial charge in [-0.05, 0) is 61.6 Å². The fourth-order valence-corrected chi connectivity index (χ4v) is 2.72. The maximum absolute atomic E-state index is 12.7. The monoisotopic (exact) mass is 325 g/mol. The van der Waals surface area contributed by atoms with Gasteiger partial charge in [-0.1, -0.05) is 6.07 Å². The third kappa shape index (κ3) is 4.11. The second kappa shape index (κ2) is 7.45.